The Morgan fingerprint density at radius 3 is 2.68 bits per heavy atom. The van der Waals surface area contributed by atoms with E-state index in [0.717, 1.165) is 12.8 Å². The van der Waals surface area contributed by atoms with Crippen molar-refractivity contribution in [2.24, 2.45) is 5.73 Å². The molecule has 8 heteroatoms. The van der Waals surface area contributed by atoms with Crippen LogP contribution in [0.25, 0.3) is 6.08 Å². The van der Waals surface area contributed by atoms with Crippen molar-refractivity contribution in [1.29, 1.82) is 0 Å². The van der Waals surface area contributed by atoms with Gasteiger partial charge in [0.1, 0.15) is 6.04 Å². The summed E-state index contributed by atoms with van der Waals surface area (Å²) in [6, 6.07) is 4.27. The number of amides is 2. The largest absolute Gasteiger partial charge is 0.452 e. The van der Waals surface area contributed by atoms with Crippen molar-refractivity contribution in [3.05, 3.63) is 39.9 Å². The first-order valence-corrected chi connectivity index (χ1v) is 8.52. The minimum Gasteiger partial charge on any atom is -0.452 e. The topological polar surface area (TPSA) is 89.7 Å². The van der Waals surface area contributed by atoms with E-state index in [2.05, 4.69) is 0 Å². The summed E-state index contributed by atoms with van der Waals surface area (Å²) in [4.78, 5) is 36.7. The Labute approximate surface area is 155 Å². The van der Waals surface area contributed by atoms with Gasteiger partial charge in [-0.05, 0) is 43.0 Å². The van der Waals surface area contributed by atoms with Gasteiger partial charge in [0.25, 0.3) is 5.91 Å². The van der Waals surface area contributed by atoms with Gasteiger partial charge < -0.3 is 15.4 Å². The molecule has 2 rings (SSSR count). The maximum atomic E-state index is 12.2. The van der Waals surface area contributed by atoms with Crippen LogP contribution in [0.2, 0.25) is 10.0 Å². The number of rotatable bonds is 5. The van der Waals surface area contributed by atoms with Crippen LogP contribution >= 0.6 is 23.2 Å². The SMILES string of the molecule is NC(=O)[C@@H]1CCCCN1C(=O)COC(=O)/C=C/c1ccc(Cl)c(Cl)c1. The number of likely N-dealkylation sites (tertiary alicyclic amines) is 1. The molecular weight excluding hydrogens is 367 g/mol. The fraction of sp³-hybridized carbons (Fsp3) is 0.353. The van der Waals surface area contributed by atoms with Crippen LogP contribution in [0.5, 0.6) is 0 Å². The summed E-state index contributed by atoms with van der Waals surface area (Å²) in [5.74, 6) is -1.65. The molecule has 1 aliphatic heterocycles. The maximum absolute atomic E-state index is 12.2. The summed E-state index contributed by atoms with van der Waals surface area (Å²) in [6.45, 7) is -0.00255. The number of piperidine rings is 1. The zero-order chi connectivity index (χ0) is 18.4. The third-order valence-electron chi connectivity index (χ3n) is 3.84. The predicted octanol–water partition coefficient (Wildman–Crippen LogP) is 2.42. The van der Waals surface area contributed by atoms with Crippen LogP contribution in [0.4, 0.5) is 0 Å². The van der Waals surface area contributed by atoms with E-state index < -0.39 is 30.4 Å². The maximum Gasteiger partial charge on any atom is 0.331 e. The number of esters is 1. The highest BCUT2D eigenvalue weighted by Crippen LogP contribution is 2.23. The number of halogens is 2. The molecule has 1 saturated heterocycles. The van der Waals surface area contributed by atoms with Gasteiger partial charge in [-0.3, -0.25) is 9.59 Å². The number of hydrogen-bond donors (Lipinski definition) is 1. The number of ether oxygens (including phenoxy) is 1. The first-order valence-electron chi connectivity index (χ1n) is 7.77. The minimum absolute atomic E-state index is 0.370. The third-order valence-corrected chi connectivity index (χ3v) is 4.58. The van der Waals surface area contributed by atoms with Crippen molar-refractivity contribution in [2.75, 3.05) is 13.2 Å². The Hall–Kier alpha value is -2.05. The molecule has 1 aromatic rings. The van der Waals surface area contributed by atoms with Crippen LogP contribution in [-0.2, 0) is 19.1 Å². The molecule has 2 amide bonds. The van der Waals surface area contributed by atoms with E-state index in [-0.39, 0.29) is 0 Å². The Morgan fingerprint density at radius 1 is 1.24 bits per heavy atom. The molecule has 134 valence electrons. The third kappa shape index (κ3) is 5.47. The number of carbonyl (C=O) groups excluding carboxylic acids is 3. The monoisotopic (exact) mass is 384 g/mol. The summed E-state index contributed by atoms with van der Waals surface area (Å²) in [7, 11) is 0. The molecule has 0 aromatic heterocycles. The Morgan fingerprint density at radius 2 is 2.00 bits per heavy atom. The van der Waals surface area contributed by atoms with E-state index in [1.165, 1.54) is 17.1 Å². The molecule has 0 unspecified atom stereocenters. The fourth-order valence-corrected chi connectivity index (χ4v) is 2.88. The van der Waals surface area contributed by atoms with Gasteiger partial charge in [-0.15, -0.1) is 0 Å². The van der Waals surface area contributed by atoms with Crippen molar-refractivity contribution >= 4 is 47.1 Å². The Bertz CT molecular complexity index is 706. The average molecular weight is 385 g/mol. The number of carbonyl (C=O) groups is 3. The number of nitrogens with zero attached hydrogens (tertiary/aromatic N) is 1. The van der Waals surface area contributed by atoms with Gasteiger partial charge in [0.15, 0.2) is 6.61 Å². The van der Waals surface area contributed by atoms with Gasteiger partial charge in [-0.2, -0.15) is 0 Å². The average Bonchev–Trinajstić information content (AvgIpc) is 2.60. The predicted molar refractivity (Wildman–Crippen MR) is 95.0 cm³/mol. The second kappa shape index (κ2) is 8.87. The molecule has 6 nitrogen and oxygen atoms in total. The van der Waals surface area contributed by atoms with E-state index in [9.17, 15) is 14.4 Å². The molecule has 25 heavy (non-hydrogen) atoms. The van der Waals surface area contributed by atoms with E-state index in [4.69, 9.17) is 33.7 Å². The highest BCUT2D eigenvalue weighted by atomic mass is 35.5. The Balaban J connectivity index is 1.88. The standard InChI is InChI=1S/C17H18Cl2N2O4/c18-12-6-4-11(9-13(12)19)5-7-16(23)25-10-15(22)21-8-2-1-3-14(21)17(20)24/h4-7,9,14H,1-3,8,10H2,(H2,20,24)/b7-5+/t14-/m0/s1. The second-order valence-electron chi connectivity index (χ2n) is 5.62. The van der Waals surface area contributed by atoms with Crippen molar-refractivity contribution in [3.8, 4) is 0 Å². The normalized spacial score (nSPS) is 17.5. The van der Waals surface area contributed by atoms with Crippen LogP contribution in [0.1, 0.15) is 24.8 Å². The minimum atomic E-state index is -0.674. The highest BCUT2D eigenvalue weighted by Gasteiger charge is 2.30. The molecule has 0 saturated carbocycles. The molecule has 0 bridgehead atoms. The van der Waals surface area contributed by atoms with Gasteiger partial charge in [-0.1, -0.05) is 29.3 Å². The van der Waals surface area contributed by atoms with Gasteiger partial charge >= 0.3 is 5.97 Å². The Kier molecular flexibility index (Phi) is 6.84. The molecule has 1 fully saturated rings. The summed E-state index contributed by atoms with van der Waals surface area (Å²) < 4.78 is 4.93. The van der Waals surface area contributed by atoms with Crippen molar-refractivity contribution in [2.45, 2.75) is 25.3 Å². The van der Waals surface area contributed by atoms with Crippen LogP contribution in [0, 0.1) is 0 Å². The van der Waals surface area contributed by atoms with Crippen LogP contribution in [0.3, 0.4) is 0 Å². The van der Waals surface area contributed by atoms with Crippen molar-refractivity contribution < 1.29 is 19.1 Å². The summed E-state index contributed by atoms with van der Waals surface area (Å²) in [6.07, 6.45) is 4.85. The smallest absolute Gasteiger partial charge is 0.331 e. The molecule has 0 radical (unpaired) electrons. The van der Waals surface area contributed by atoms with Crippen molar-refractivity contribution in [3.63, 3.8) is 0 Å². The fourth-order valence-electron chi connectivity index (χ4n) is 2.57. The van der Waals surface area contributed by atoms with Crippen LogP contribution < -0.4 is 5.73 Å². The molecule has 2 N–H and O–H groups in total. The van der Waals surface area contributed by atoms with Gasteiger partial charge in [0, 0.05) is 12.6 Å². The van der Waals surface area contributed by atoms with Gasteiger partial charge in [0.05, 0.1) is 10.0 Å². The lowest BCUT2D eigenvalue weighted by atomic mass is 10.0. The highest BCUT2D eigenvalue weighted by molar-refractivity contribution is 6.42. The van der Waals surface area contributed by atoms with Gasteiger partial charge in [-0.25, -0.2) is 4.79 Å². The lowest BCUT2D eigenvalue weighted by molar-refractivity contribution is -0.151. The van der Waals surface area contributed by atoms with E-state index in [1.54, 1.807) is 18.2 Å². The number of hydrogen-bond acceptors (Lipinski definition) is 4. The quantitative estimate of drug-likeness (QED) is 0.623. The molecule has 0 aliphatic carbocycles. The molecule has 1 heterocycles. The summed E-state index contributed by atoms with van der Waals surface area (Å²) in [5.41, 5.74) is 5.98. The number of primary amides is 1. The first kappa shape index (κ1) is 19.3. The summed E-state index contributed by atoms with van der Waals surface area (Å²) >= 11 is 11.7. The van der Waals surface area contributed by atoms with Gasteiger partial charge in [0.2, 0.25) is 5.91 Å². The number of nitrogens with two attached hydrogens (primary N) is 1. The lowest BCUT2D eigenvalue weighted by Crippen LogP contribution is -2.51. The zero-order valence-electron chi connectivity index (χ0n) is 13.4. The lowest BCUT2D eigenvalue weighted by Gasteiger charge is -2.33. The van der Waals surface area contributed by atoms with E-state index >= 15 is 0 Å². The second-order valence-corrected chi connectivity index (χ2v) is 6.43. The van der Waals surface area contributed by atoms with Crippen LogP contribution in [0.15, 0.2) is 24.3 Å². The molecule has 1 aromatic carbocycles. The van der Waals surface area contributed by atoms with Crippen LogP contribution in [-0.4, -0.2) is 41.9 Å². The van der Waals surface area contributed by atoms with Crippen molar-refractivity contribution in [1.82, 2.24) is 4.90 Å². The summed E-state index contributed by atoms with van der Waals surface area (Å²) in [5, 5.41) is 0.785. The molecule has 0 spiro atoms. The molecule has 1 atom stereocenters. The number of benzene rings is 1. The first-order chi connectivity index (χ1) is 11.9. The molecular formula is C17H18Cl2N2O4. The molecule has 1 aliphatic rings. The van der Waals surface area contributed by atoms with E-state index in [1.807, 2.05) is 0 Å². The zero-order valence-corrected chi connectivity index (χ0v) is 14.9. The van der Waals surface area contributed by atoms with E-state index in [0.29, 0.717) is 28.6 Å².